The highest BCUT2D eigenvalue weighted by atomic mass is 28.3. The van der Waals surface area contributed by atoms with Gasteiger partial charge < -0.3 is 5.73 Å². The molecule has 1 atom stereocenters. The summed E-state index contributed by atoms with van der Waals surface area (Å²) in [6.45, 7) is 9.10. The highest BCUT2D eigenvalue weighted by Gasteiger charge is 2.12. The lowest BCUT2D eigenvalue weighted by Crippen LogP contribution is -2.19. The molecule has 0 amide bonds. The van der Waals surface area contributed by atoms with Crippen LogP contribution in [0.5, 0.6) is 0 Å². The second kappa shape index (κ2) is 7.18. The van der Waals surface area contributed by atoms with Crippen molar-refractivity contribution in [1.82, 2.24) is 0 Å². The Hall–Kier alpha value is -0.153. The number of ketones is 1. The fourth-order valence-electron chi connectivity index (χ4n) is 1.49. The molecule has 0 aromatic heterocycles. The Morgan fingerprint density at radius 1 is 1.20 bits per heavy atom. The molecular formula is C12H27NOSi. The molecule has 0 aromatic carbocycles. The normalized spacial score (nSPS) is 13.9. The maximum absolute atomic E-state index is 11.4. The highest BCUT2D eigenvalue weighted by Crippen LogP contribution is 2.14. The lowest BCUT2D eigenvalue weighted by atomic mass is 10.1. The molecule has 0 aliphatic rings. The van der Waals surface area contributed by atoms with Gasteiger partial charge in [-0.2, -0.15) is 0 Å². The van der Waals surface area contributed by atoms with Crippen molar-refractivity contribution in [1.29, 1.82) is 0 Å². The van der Waals surface area contributed by atoms with E-state index in [-0.39, 0.29) is 6.04 Å². The molecule has 90 valence electrons. The Bertz CT molecular complexity index is 185. The van der Waals surface area contributed by atoms with E-state index in [2.05, 4.69) is 19.6 Å². The zero-order valence-electron chi connectivity index (χ0n) is 10.8. The standard InChI is InChI=1S/C12H27NOSi/c1-11(13)8-9-12(14)7-5-6-10-15(2,3)4/h11H,5-10,13H2,1-4H3. The van der Waals surface area contributed by atoms with E-state index < -0.39 is 8.07 Å². The molecule has 3 heteroatoms. The van der Waals surface area contributed by atoms with E-state index >= 15 is 0 Å². The van der Waals surface area contributed by atoms with E-state index in [9.17, 15) is 4.79 Å². The van der Waals surface area contributed by atoms with Crippen LogP contribution in [0.15, 0.2) is 0 Å². The Balaban J connectivity index is 3.40. The average Bonchev–Trinajstić information content (AvgIpc) is 2.07. The van der Waals surface area contributed by atoms with E-state index in [0.717, 1.165) is 19.3 Å². The lowest BCUT2D eigenvalue weighted by molar-refractivity contribution is -0.119. The Morgan fingerprint density at radius 3 is 2.27 bits per heavy atom. The second-order valence-electron chi connectivity index (χ2n) is 5.82. The maximum atomic E-state index is 11.4. The van der Waals surface area contributed by atoms with Crippen LogP contribution in [0.25, 0.3) is 0 Å². The quantitative estimate of drug-likeness (QED) is 0.513. The summed E-state index contributed by atoms with van der Waals surface area (Å²) in [6.07, 6.45) is 4.57. The highest BCUT2D eigenvalue weighted by molar-refractivity contribution is 6.76. The molecule has 0 radical (unpaired) electrons. The van der Waals surface area contributed by atoms with Gasteiger partial charge in [-0.25, -0.2) is 0 Å². The molecule has 2 N–H and O–H groups in total. The van der Waals surface area contributed by atoms with Gasteiger partial charge in [-0.15, -0.1) is 0 Å². The molecule has 0 fully saturated rings. The molecule has 0 rings (SSSR count). The van der Waals surface area contributed by atoms with Gasteiger partial charge in [0.05, 0.1) is 0 Å². The Morgan fingerprint density at radius 2 is 1.80 bits per heavy atom. The number of rotatable bonds is 8. The summed E-state index contributed by atoms with van der Waals surface area (Å²) >= 11 is 0. The monoisotopic (exact) mass is 229 g/mol. The van der Waals surface area contributed by atoms with Crippen LogP contribution in [-0.4, -0.2) is 19.9 Å². The van der Waals surface area contributed by atoms with Crippen molar-refractivity contribution in [3.05, 3.63) is 0 Å². The molecule has 0 saturated carbocycles. The Kier molecular flexibility index (Phi) is 7.10. The van der Waals surface area contributed by atoms with E-state index in [1.54, 1.807) is 0 Å². The summed E-state index contributed by atoms with van der Waals surface area (Å²) in [5.41, 5.74) is 5.61. The van der Waals surface area contributed by atoms with Crippen LogP contribution >= 0.6 is 0 Å². The first-order valence-corrected chi connectivity index (χ1v) is 9.79. The number of carbonyl (C=O) groups excluding carboxylic acids is 1. The van der Waals surface area contributed by atoms with Crippen molar-refractivity contribution in [2.24, 2.45) is 5.73 Å². The van der Waals surface area contributed by atoms with Crippen molar-refractivity contribution in [2.75, 3.05) is 0 Å². The number of hydrogen-bond donors (Lipinski definition) is 1. The SMILES string of the molecule is CC(N)CCC(=O)CCCC[Si](C)(C)C. The van der Waals surface area contributed by atoms with Crippen molar-refractivity contribution >= 4 is 13.9 Å². The van der Waals surface area contributed by atoms with Crippen LogP contribution in [0.2, 0.25) is 25.7 Å². The van der Waals surface area contributed by atoms with Crippen molar-refractivity contribution in [3.8, 4) is 0 Å². The van der Waals surface area contributed by atoms with Crippen LogP contribution in [-0.2, 0) is 4.79 Å². The van der Waals surface area contributed by atoms with Gasteiger partial charge >= 0.3 is 0 Å². The summed E-state index contributed by atoms with van der Waals surface area (Å²) in [4.78, 5) is 11.4. The molecule has 2 nitrogen and oxygen atoms in total. The summed E-state index contributed by atoms with van der Waals surface area (Å²) in [5.74, 6) is 0.392. The van der Waals surface area contributed by atoms with Gasteiger partial charge in [-0.1, -0.05) is 32.1 Å². The molecule has 0 aliphatic heterocycles. The number of unbranched alkanes of at least 4 members (excludes halogenated alkanes) is 1. The zero-order valence-corrected chi connectivity index (χ0v) is 11.8. The first kappa shape index (κ1) is 14.8. The Labute approximate surface area is 95.6 Å². The van der Waals surface area contributed by atoms with E-state index in [0.29, 0.717) is 12.2 Å². The number of carbonyl (C=O) groups is 1. The van der Waals surface area contributed by atoms with Crippen LogP contribution < -0.4 is 5.73 Å². The lowest BCUT2D eigenvalue weighted by Gasteiger charge is -2.14. The summed E-state index contributed by atoms with van der Waals surface area (Å²) < 4.78 is 0. The molecule has 0 bridgehead atoms. The first-order chi connectivity index (χ1) is 6.81. The van der Waals surface area contributed by atoms with Gasteiger partial charge in [0.2, 0.25) is 0 Å². The van der Waals surface area contributed by atoms with E-state index in [1.807, 2.05) is 6.92 Å². The van der Waals surface area contributed by atoms with Gasteiger partial charge in [-0.05, 0) is 19.8 Å². The van der Waals surface area contributed by atoms with Crippen LogP contribution in [0.4, 0.5) is 0 Å². The number of hydrogen-bond acceptors (Lipinski definition) is 2. The van der Waals surface area contributed by atoms with Gasteiger partial charge in [0.1, 0.15) is 5.78 Å². The zero-order chi connectivity index (χ0) is 11.9. The van der Waals surface area contributed by atoms with E-state index in [1.165, 1.54) is 12.5 Å². The van der Waals surface area contributed by atoms with Crippen molar-refractivity contribution < 1.29 is 4.79 Å². The predicted octanol–water partition coefficient (Wildman–Crippen LogP) is 3.19. The smallest absolute Gasteiger partial charge is 0.132 e. The minimum absolute atomic E-state index is 0.163. The maximum Gasteiger partial charge on any atom is 0.132 e. The van der Waals surface area contributed by atoms with Crippen molar-refractivity contribution in [3.63, 3.8) is 0 Å². The van der Waals surface area contributed by atoms with Crippen LogP contribution in [0.1, 0.15) is 39.0 Å². The van der Waals surface area contributed by atoms with E-state index in [4.69, 9.17) is 5.73 Å². The second-order valence-corrected chi connectivity index (χ2v) is 11.4. The third-order valence-corrected chi connectivity index (χ3v) is 4.36. The molecular weight excluding hydrogens is 202 g/mol. The van der Waals surface area contributed by atoms with Gasteiger partial charge in [0.15, 0.2) is 0 Å². The number of Topliss-reactive ketones (excluding diaryl/α,β-unsaturated/α-hetero) is 1. The third kappa shape index (κ3) is 11.8. The average molecular weight is 229 g/mol. The van der Waals surface area contributed by atoms with Crippen LogP contribution in [0, 0.1) is 0 Å². The third-order valence-electron chi connectivity index (χ3n) is 2.51. The molecule has 1 unspecified atom stereocenters. The molecule has 0 aliphatic carbocycles. The largest absolute Gasteiger partial charge is 0.328 e. The fraction of sp³-hybridized carbons (Fsp3) is 0.917. The minimum atomic E-state index is -0.897. The molecule has 0 saturated heterocycles. The first-order valence-electron chi connectivity index (χ1n) is 6.08. The fourth-order valence-corrected chi connectivity index (χ4v) is 2.80. The van der Waals surface area contributed by atoms with Gasteiger partial charge in [0.25, 0.3) is 0 Å². The summed E-state index contributed by atoms with van der Waals surface area (Å²) in [5, 5.41) is 0. The van der Waals surface area contributed by atoms with Gasteiger partial charge in [-0.3, -0.25) is 4.79 Å². The van der Waals surface area contributed by atoms with Crippen molar-refractivity contribution in [2.45, 2.75) is 70.8 Å². The molecule has 0 aromatic rings. The minimum Gasteiger partial charge on any atom is -0.328 e. The predicted molar refractivity (Wildman–Crippen MR) is 69.9 cm³/mol. The summed E-state index contributed by atoms with van der Waals surface area (Å²) in [7, 11) is -0.897. The van der Waals surface area contributed by atoms with Crippen LogP contribution in [0.3, 0.4) is 0 Å². The molecule has 0 heterocycles. The molecule has 0 spiro atoms. The molecule has 15 heavy (non-hydrogen) atoms. The number of nitrogens with two attached hydrogens (primary N) is 1. The van der Waals surface area contributed by atoms with Gasteiger partial charge in [0, 0.05) is 27.0 Å². The summed E-state index contributed by atoms with van der Waals surface area (Å²) in [6, 6.07) is 1.50. The topological polar surface area (TPSA) is 43.1 Å².